The van der Waals surface area contributed by atoms with E-state index in [0.29, 0.717) is 64.0 Å². The molecular formula is C36H48N4O6. The Bertz CT molecular complexity index is 1390. The van der Waals surface area contributed by atoms with Crippen molar-refractivity contribution in [2.75, 3.05) is 26.7 Å². The van der Waals surface area contributed by atoms with Gasteiger partial charge in [-0.25, -0.2) is 4.79 Å². The van der Waals surface area contributed by atoms with Gasteiger partial charge in [-0.15, -0.1) is 0 Å². The van der Waals surface area contributed by atoms with Crippen LogP contribution in [0.5, 0.6) is 0 Å². The maximum atomic E-state index is 13.8. The van der Waals surface area contributed by atoms with Crippen molar-refractivity contribution in [3.8, 4) is 0 Å². The molecule has 2 aromatic rings. The van der Waals surface area contributed by atoms with Gasteiger partial charge in [0.1, 0.15) is 11.6 Å². The first-order chi connectivity index (χ1) is 22.0. The molecule has 1 spiro atoms. The van der Waals surface area contributed by atoms with Crippen LogP contribution >= 0.6 is 0 Å². The van der Waals surface area contributed by atoms with Crippen molar-refractivity contribution in [3.05, 3.63) is 70.8 Å². The number of carbonyl (C=O) groups excluding carboxylic acids is 3. The maximum absolute atomic E-state index is 13.8. The fourth-order valence-electron chi connectivity index (χ4n) is 7.36. The molecular weight excluding hydrogens is 584 g/mol. The Balaban J connectivity index is 1.17. The van der Waals surface area contributed by atoms with Crippen molar-refractivity contribution in [1.82, 2.24) is 20.0 Å². The van der Waals surface area contributed by atoms with Crippen molar-refractivity contribution >= 4 is 23.7 Å². The Kier molecular flexibility index (Phi) is 10.5. The van der Waals surface area contributed by atoms with Crippen molar-refractivity contribution in [2.45, 2.75) is 101 Å². The third-order valence-electron chi connectivity index (χ3n) is 10.2. The van der Waals surface area contributed by atoms with E-state index in [1.54, 1.807) is 24.1 Å². The van der Waals surface area contributed by atoms with E-state index in [9.17, 15) is 24.3 Å². The molecule has 0 aromatic heterocycles. The molecule has 2 heterocycles. The quantitative estimate of drug-likeness (QED) is 0.339. The Morgan fingerprint density at radius 2 is 1.52 bits per heavy atom. The van der Waals surface area contributed by atoms with Crippen LogP contribution in [0.2, 0.25) is 0 Å². The van der Waals surface area contributed by atoms with Gasteiger partial charge in [0.05, 0.1) is 11.2 Å². The van der Waals surface area contributed by atoms with Crippen LogP contribution in [0.25, 0.3) is 0 Å². The number of nitrogens with zero attached hydrogens (tertiary/aromatic N) is 3. The van der Waals surface area contributed by atoms with Gasteiger partial charge in [-0.1, -0.05) is 56.9 Å². The molecule has 10 nitrogen and oxygen atoms in total. The smallest absolute Gasteiger partial charge is 0.335 e. The molecule has 2 saturated heterocycles. The van der Waals surface area contributed by atoms with E-state index in [1.165, 1.54) is 12.1 Å². The lowest BCUT2D eigenvalue weighted by Gasteiger charge is -2.52. The summed E-state index contributed by atoms with van der Waals surface area (Å²) in [6, 6.07) is 13.4. The number of hydrogen-bond acceptors (Lipinski definition) is 6. The second-order valence-electron chi connectivity index (χ2n) is 13.5. The number of piperazine rings is 1. The average molecular weight is 633 g/mol. The van der Waals surface area contributed by atoms with Crippen LogP contribution in [0, 0.1) is 0 Å². The number of carbonyl (C=O) groups is 4. The number of unbranched alkanes of at least 4 members (excludes halogenated alkanes) is 1. The first-order valence-electron chi connectivity index (χ1n) is 16.8. The van der Waals surface area contributed by atoms with Crippen LogP contribution in [0.15, 0.2) is 48.5 Å². The van der Waals surface area contributed by atoms with Crippen LogP contribution in [-0.2, 0) is 22.7 Å². The molecule has 0 radical (unpaired) electrons. The summed E-state index contributed by atoms with van der Waals surface area (Å²) in [5.41, 5.74) is 0.944. The number of likely N-dealkylation sites (tertiary alicyclic amines) is 1. The molecule has 3 aliphatic rings. The van der Waals surface area contributed by atoms with Crippen LogP contribution < -0.4 is 5.32 Å². The number of aromatic carboxylic acids is 1. The summed E-state index contributed by atoms with van der Waals surface area (Å²) < 4.78 is 0. The van der Waals surface area contributed by atoms with Crippen molar-refractivity contribution in [3.63, 3.8) is 0 Å². The Hall–Kier alpha value is -3.76. The molecule has 1 aliphatic carbocycles. The van der Waals surface area contributed by atoms with Crippen molar-refractivity contribution < 1.29 is 29.4 Å². The maximum Gasteiger partial charge on any atom is 0.335 e. The number of rotatable bonds is 11. The highest BCUT2D eigenvalue weighted by Gasteiger charge is 2.54. The second kappa shape index (κ2) is 14.3. The van der Waals surface area contributed by atoms with Gasteiger partial charge in [-0.3, -0.25) is 19.3 Å². The van der Waals surface area contributed by atoms with E-state index < -0.39 is 23.2 Å². The Morgan fingerprint density at radius 1 is 0.913 bits per heavy atom. The van der Waals surface area contributed by atoms with Gasteiger partial charge in [0.25, 0.3) is 5.91 Å². The SMILES string of the molecule is CCCCN1C(=O)[C@@H](CC2(O)CCCCC2)NC(=O)C12CCN(Cc1ccc(C(=O)N(C)Cc3ccc(C(=O)O)cc3)cc1)CC2. The third kappa shape index (κ3) is 7.44. The molecule has 1 saturated carbocycles. The minimum Gasteiger partial charge on any atom is -0.478 e. The van der Waals surface area contributed by atoms with Crippen molar-refractivity contribution in [1.29, 1.82) is 0 Å². The predicted molar refractivity (Wildman–Crippen MR) is 174 cm³/mol. The summed E-state index contributed by atoms with van der Waals surface area (Å²) in [6.45, 7) is 5.02. The number of nitrogens with one attached hydrogen (secondary N) is 1. The van der Waals surface area contributed by atoms with E-state index in [1.807, 2.05) is 29.2 Å². The fourth-order valence-corrected chi connectivity index (χ4v) is 7.36. The number of aliphatic hydroxyl groups is 1. The first kappa shape index (κ1) is 33.6. The molecule has 1 atom stereocenters. The zero-order valence-corrected chi connectivity index (χ0v) is 27.2. The monoisotopic (exact) mass is 632 g/mol. The summed E-state index contributed by atoms with van der Waals surface area (Å²) in [5, 5.41) is 23.3. The highest BCUT2D eigenvalue weighted by molar-refractivity contribution is 6.00. The molecule has 0 bridgehead atoms. The topological polar surface area (TPSA) is 130 Å². The molecule has 248 valence electrons. The number of carboxylic acids is 1. The molecule has 3 N–H and O–H groups in total. The average Bonchev–Trinajstić information content (AvgIpc) is 3.05. The molecule has 10 heteroatoms. The number of carboxylic acid groups (broad SMARTS) is 1. The summed E-state index contributed by atoms with van der Waals surface area (Å²) >= 11 is 0. The number of amides is 3. The van der Waals surface area contributed by atoms with Gasteiger partial charge in [0.15, 0.2) is 0 Å². The highest BCUT2D eigenvalue weighted by Crippen LogP contribution is 2.37. The van der Waals surface area contributed by atoms with E-state index >= 15 is 0 Å². The first-order valence-corrected chi connectivity index (χ1v) is 16.8. The minimum atomic E-state index is -0.983. The normalized spacial score (nSPS) is 21.2. The largest absolute Gasteiger partial charge is 0.478 e. The van der Waals surface area contributed by atoms with Crippen LogP contribution in [0.1, 0.15) is 103 Å². The summed E-state index contributed by atoms with van der Waals surface area (Å²) in [7, 11) is 1.72. The summed E-state index contributed by atoms with van der Waals surface area (Å²) in [5.74, 6) is -1.24. The summed E-state index contributed by atoms with van der Waals surface area (Å²) in [6.07, 6.45) is 7.52. The van der Waals surface area contributed by atoms with Gasteiger partial charge in [0, 0.05) is 51.8 Å². The minimum absolute atomic E-state index is 0.0528. The lowest BCUT2D eigenvalue weighted by molar-refractivity contribution is -0.163. The van der Waals surface area contributed by atoms with Crippen LogP contribution in [0.3, 0.4) is 0 Å². The Morgan fingerprint density at radius 3 is 2.13 bits per heavy atom. The van der Waals surface area contributed by atoms with Crippen LogP contribution in [0.4, 0.5) is 0 Å². The van der Waals surface area contributed by atoms with Crippen LogP contribution in [-0.4, -0.2) is 92.5 Å². The van der Waals surface area contributed by atoms with Gasteiger partial charge in [-0.05, 0) is 67.5 Å². The number of benzene rings is 2. The molecule has 5 rings (SSSR count). The number of piperidine rings is 1. The van der Waals surface area contributed by atoms with E-state index in [4.69, 9.17) is 5.11 Å². The summed E-state index contributed by atoms with van der Waals surface area (Å²) in [4.78, 5) is 57.5. The van der Waals surface area contributed by atoms with Gasteiger partial charge in [0.2, 0.25) is 11.8 Å². The standard InChI is InChI=1S/C36H48N4O6/c1-3-4-20-40-32(42)30(23-35(46)16-6-5-7-17-35)37-34(45)36(40)18-21-39(22-19-36)25-27-8-12-28(13-9-27)31(41)38(2)24-26-10-14-29(15-11-26)33(43)44/h8-15,30,46H,3-7,16-25H2,1-2H3,(H,37,45)(H,43,44)/t30-/m1/s1. The molecule has 3 amide bonds. The number of hydrogen-bond donors (Lipinski definition) is 3. The van der Waals surface area contributed by atoms with Gasteiger partial charge < -0.3 is 25.3 Å². The zero-order chi connectivity index (χ0) is 32.9. The third-order valence-corrected chi connectivity index (χ3v) is 10.2. The molecule has 0 unspecified atom stereocenters. The fraction of sp³-hybridized carbons (Fsp3) is 0.556. The molecule has 2 aromatic carbocycles. The van der Waals surface area contributed by atoms with E-state index in [-0.39, 0.29) is 29.7 Å². The second-order valence-corrected chi connectivity index (χ2v) is 13.5. The molecule has 2 aliphatic heterocycles. The molecule has 3 fully saturated rings. The Labute approximate surface area is 271 Å². The lowest BCUT2D eigenvalue weighted by Crippen LogP contribution is -2.73. The predicted octanol–water partition coefficient (Wildman–Crippen LogP) is 4.20. The highest BCUT2D eigenvalue weighted by atomic mass is 16.4. The van der Waals surface area contributed by atoms with E-state index in [2.05, 4.69) is 17.1 Å². The van der Waals surface area contributed by atoms with E-state index in [0.717, 1.165) is 43.2 Å². The molecule has 46 heavy (non-hydrogen) atoms. The lowest BCUT2D eigenvalue weighted by atomic mass is 9.77. The zero-order valence-electron chi connectivity index (χ0n) is 27.2. The van der Waals surface area contributed by atoms with Gasteiger partial charge >= 0.3 is 5.97 Å². The van der Waals surface area contributed by atoms with Crippen molar-refractivity contribution in [2.24, 2.45) is 0 Å². The van der Waals surface area contributed by atoms with Gasteiger partial charge in [-0.2, -0.15) is 0 Å².